The summed E-state index contributed by atoms with van der Waals surface area (Å²) >= 11 is 0. The van der Waals surface area contributed by atoms with Crippen LogP contribution in [0.4, 0.5) is 0 Å². The van der Waals surface area contributed by atoms with Crippen molar-refractivity contribution in [3.8, 4) is 0 Å². The molecular formula is C13H23NO4. The Hall–Kier alpha value is -1.10. The highest BCUT2D eigenvalue weighted by Gasteiger charge is 2.28. The highest BCUT2D eigenvalue weighted by Crippen LogP contribution is 2.19. The Morgan fingerprint density at radius 3 is 2.33 bits per heavy atom. The van der Waals surface area contributed by atoms with Crippen molar-refractivity contribution in [3.63, 3.8) is 0 Å². The Kier molecular flexibility index (Phi) is 5.14. The number of carboxylic acid groups (broad SMARTS) is 1. The molecule has 0 amide bonds. The van der Waals surface area contributed by atoms with Crippen LogP contribution in [0.15, 0.2) is 0 Å². The summed E-state index contributed by atoms with van der Waals surface area (Å²) in [5, 5.41) is 12.1. The second-order valence-electron chi connectivity index (χ2n) is 5.83. The Bertz CT molecular complexity index is 303. The number of ether oxygens (including phenoxy) is 1. The van der Waals surface area contributed by atoms with Crippen molar-refractivity contribution in [1.29, 1.82) is 0 Å². The molecule has 1 atom stereocenters. The summed E-state index contributed by atoms with van der Waals surface area (Å²) in [5.41, 5.74) is -0.576. The third-order valence-electron chi connectivity index (χ3n) is 2.88. The minimum absolute atomic E-state index is 0.122. The quantitative estimate of drug-likeness (QED) is 0.733. The zero-order chi connectivity index (χ0) is 13.8. The number of hydrogen-bond donors (Lipinski definition) is 2. The fraction of sp³-hybridized carbons (Fsp3) is 0.846. The number of carboxylic acids is 1. The number of carbonyl (C=O) groups is 2. The Labute approximate surface area is 108 Å². The Morgan fingerprint density at radius 2 is 1.89 bits per heavy atom. The molecule has 1 aliphatic carbocycles. The van der Waals surface area contributed by atoms with Crippen molar-refractivity contribution < 1.29 is 19.4 Å². The van der Waals surface area contributed by atoms with Crippen LogP contribution in [0.1, 0.15) is 52.9 Å². The summed E-state index contributed by atoms with van der Waals surface area (Å²) in [7, 11) is 0. The van der Waals surface area contributed by atoms with Crippen LogP contribution in [0.25, 0.3) is 0 Å². The van der Waals surface area contributed by atoms with Crippen LogP contribution in [0.3, 0.4) is 0 Å². The number of nitrogens with one attached hydrogen (secondary N) is 1. The molecule has 1 unspecified atom stereocenters. The average Bonchev–Trinajstić information content (AvgIpc) is 2.66. The molecule has 0 aromatic heterocycles. The van der Waals surface area contributed by atoms with E-state index in [0.717, 1.165) is 25.7 Å². The van der Waals surface area contributed by atoms with E-state index in [0.29, 0.717) is 0 Å². The first-order valence-electron chi connectivity index (χ1n) is 6.48. The number of rotatable bonds is 5. The van der Waals surface area contributed by atoms with Crippen molar-refractivity contribution >= 4 is 11.9 Å². The summed E-state index contributed by atoms with van der Waals surface area (Å²) in [6.07, 6.45) is 4.09. The molecule has 5 heteroatoms. The van der Waals surface area contributed by atoms with E-state index in [1.807, 2.05) is 0 Å². The van der Waals surface area contributed by atoms with Gasteiger partial charge in [0.05, 0.1) is 6.42 Å². The van der Waals surface area contributed by atoms with E-state index in [9.17, 15) is 9.59 Å². The SMILES string of the molecule is CC(C)(C)OC(=O)CC(NC1CCCC1)C(=O)O. The van der Waals surface area contributed by atoms with Crippen molar-refractivity contribution in [3.05, 3.63) is 0 Å². The lowest BCUT2D eigenvalue weighted by Crippen LogP contribution is -2.44. The maximum atomic E-state index is 11.6. The van der Waals surface area contributed by atoms with Gasteiger partial charge in [-0.3, -0.25) is 9.59 Å². The summed E-state index contributed by atoms with van der Waals surface area (Å²) in [4.78, 5) is 22.7. The molecule has 0 saturated heterocycles. The Balaban J connectivity index is 2.46. The highest BCUT2D eigenvalue weighted by atomic mass is 16.6. The average molecular weight is 257 g/mol. The number of carbonyl (C=O) groups excluding carboxylic acids is 1. The van der Waals surface area contributed by atoms with Gasteiger partial charge >= 0.3 is 11.9 Å². The van der Waals surface area contributed by atoms with Crippen LogP contribution < -0.4 is 5.32 Å². The molecule has 104 valence electrons. The lowest BCUT2D eigenvalue weighted by atomic mass is 10.1. The third kappa shape index (κ3) is 5.49. The van der Waals surface area contributed by atoms with Crippen LogP contribution >= 0.6 is 0 Å². The molecule has 0 aromatic rings. The van der Waals surface area contributed by atoms with Crippen molar-refractivity contribution in [2.75, 3.05) is 0 Å². The molecule has 18 heavy (non-hydrogen) atoms. The minimum atomic E-state index is -0.993. The maximum Gasteiger partial charge on any atom is 0.321 e. The van der Waals surface area contributed by atoms with Crippen LogP contribution in [-0.4, -0.2) is 34.7 Å². The second kappa shape index (κ2) is 6.18. The van der Waals surface area contributed by atoms with Crippen molar-refractivity contribution in [2.24, 2.45) is 0 Å². The molecule has 1 rings (SSSR count). The molecule has 0 heterocycles. The molecule has 2 N–H and O–H groups in total. The second-order valence-corrected chi connectivity index (χ2v) is 5.83. The van der Waals surface area contributed by atoms with Crippen LogP contribution in [0.2, 0.25) is 0 Å². The number of esters is 1. The zero-order valence-electron chi connectivity index (χ0n) is 11.4. The van der Waals surface area contributed by atoms with E-state index in [1.165, 1.54) is 0 Å². The van der Waals surface area contributed by atoms with Gasteiger partial charge in [-0.1, -0.05) is 12.8 Å². The fourth-order valence-electron chi connectivity index (χ4n) is 2.14. The molecule has 1 fully saturated rings. The molecule has 0 bridgehead atoms. The Morgan fingerprint density at radius 1 is 1.33 bits per heavy atom. The topological polar surface area (TPSA) is 75.6 Å². The monoisotopic (exact) mass is 257 g/mol. The van der Waals surface area contributed by atoms with E-state index >= 15 is 0 Å². The molecule has 0 spiro atoms. The first kappa shape index (κ1) is 15.0. The summed E-state index contributed by atoms with van der Waals surface area (Å²) in [6, 6.07) is -0.628. The van der Waals surface area contributed by atoms with Gasteiger partial charge in [-0.25, -0.2) is 0 Å². The molecule has 5 nitrogen and oxygen atoms in total. The summed E-state index contributed by atoms with van der Waals surface area (Å²) in [5.74, 6) is -1.46. The predicted octanol–water partition coefficient (Wildman–Crippen LogP) is 1.70. The van der Waals surface area contributed by atoms with Crippen LogP contribution in [0, 0.1) is 0 Å². The van der Waals surface area contributed by atoms with Gasteiger partial charge in [0.15, 0.2) is 0 Å². The third-order valence-corrected chi connectivity index (χ3v) is 2.88. The van der Waals surface area contributed by atoms with Crippen molar-refractivity contribution in [1.82, 2.24) is 5.32 Å². The van der Waals surface area contributed by atoms with Gasteiger partial charge < -0.3 is 15.2 Å². The lowest BCUT2D eigenvalue weighted by Gasteiger charge is -2.23. The minimum Gasteiger partial charge on any atom is -0.480 e. The highest BCUT2D eigenvalue weighted by molar-refractivity contribution is 5.81. The van der Waals surface area contributed by atoms with Gasteiger partial charge in [0.1, 0.15) is 11.6 Å². The van der Waals surface area contributed by atoms with Gasteiger partial charge in [-0.15, -0.1) is 0 Å². The van der Waals surface area contributed by atoms with E-state index < -0.39 is 23.6 Å². The van der Waals surface area contributed by atoms with Gasteiger partial charge in [-0.05, 0) is 33.6 Å². The normalized spacial score (nSPS) is 18.6. The van der Waals surface area contributed by atoms with Gasteiger partial charge in [-0.2, -0.15) is 0 Å². The molecule has 0 aliphatic heterocycles. The van der Waals surface area contributed by atoms with Gasteiger partial charge in [0, 0.05) is 6.04 Å². The van der Waals surface area contributed by atoms with E-state index in [2.05, 4.69) is 5.32 Å². The zero-order valence-corrected chi connectivity index (χ0v) is 11.4. The maximum absolute atomic E-state index is 11.6. The molecular weight excluding hydrogens is 234 g/mol. The van der Waals surface area contributed by atoms with Crippen molar-refractivity contribution in [2.45, 2.75) is 70.6 Å². The standard InChI is InChI=1S/C13H23NO4/c1-13(2,3)18-11(15)8-10(12(16)17)14-9-6-4-5-7-9/h9-10,14H,4-8H2,1-3H3,(H,16,17). The number of hydrogen-bond acceptors (Lipinski definition) is 4. The molecule has 0 aromatic carbocycles. The number of aliphatic carboxylic acids is 1. The summed E-state index contributed by atoms with van der Waals surface area (Å²) < 4.78 is 5.14. The lowest BCUT2D eigenvalue weighted by molar-refractivity contribution is -0.158. The van der Waals surface area contributed by atoms with E-state index in [-0.39, 0.29) is 12.5 Å². The van der Waals surface area contributed by atoms with E-state index in [1.54, 1.807) is 20.8 Å². The smallest absolute Gasteiger partial charge is 0.321 e. The van der Waals surface area contributed by atoms with Gasteiger partial charge in [0.25, 0.3) is 0 Å². The fourth-order valence-corrected chi connectivity index (χ4v) is 2.14. The van der Waals surface area contributed by atoms with Crippen LogP contribution in [0.5, 0.6) is 0 Å². The van der Waals surface area contributed by atoms with Gasteiger partial charge in [0.2, 0.25) is 0 Å². The van der Waals surface area contributed by atoms with E-state index in [4.69, 9.17) is 9.84 Å². The first-order chi connectivity index (χ1) is 8.28. The largest absolute Gasteiger partial charge is 0.480 e. The molecule has 1 aliphatic rings. The van der Waals surface area contributed by atoms with Crippen LogP contribution in [-0.2, 0) is 14.3 Å². The first-order valence-corrected chi connectivity index (χ1v) is 6.48. The predicted molar refractivity (Wildman–Crippen MR) is 67.3 cm³/mol. The summed E-state index contributed by atoms with van der Waals surface area (Å²) in [6.45, 7) is 5.31. The molecule has 1 saturated carbocycles. The molecule has 0 radical (unpaired) electrons.